The van der Waals surface area contributed by atoms with Gasteiger partial charge in [0.2, 0.25) is 0 Å². The van der Waals surface area contributed by atoms with E-state index in [-0.39, 0.29) is 0 Å². The first-order valence-corrected chi connectivity index (χ1v) is 7.36. The molecule has 0 atom stereocenters. The van der Waals surface area contributed by atoms with Gasteiger partial charge in [-0.3, -0.25) is 0 Å². The predicted octanol–water partition coefficient (Wildman–Crippen LogP) is 6.60. The molecule has 1 fully saturated rings. The second kappa shape index (κ2) is 4.37. The van der Waals surface area contributed by atoms with E-state index >= 15 is 0 Å². The van der Waals surface area contributed by atoms with Crippen LogP contribution < -0.4 is 0 Å². The Bertz CT molecular complexity index is 369. The summed E-state index contributed by atoms with van der Waals surface area (Å²) in [6.07, 6.45) is 9.07. The van der Waals surface area contributed by atoms with Gasteiger partial charge in [0.1, 0.15) is 0 Å². The molecule has 1 aromatic rings. The molecule has 106 valence electrons. The number of hydrogen-bond donors (Lipinski definition) is 0. The third kappa shape index (κ3) is 9.22. The second-order valence-corrected chi connectivity index (χ2v) is 6.10. The molecule has 1 heterocycles. The monoisotopic (exact) mass is 294 g/mol. The van der Waals surface area contributed by atoms with Crippen LogP contribution in [-0.2, 0) is 0 Å². The van der Waals surface area contributed by atoms with Crippen molar-refractivity contribution in [2.75, 3.05) is 0 Å². The quantitative estimate of drug-likeness (QED) is 0.322. The van der Waals surface area contributed by atoms with Crippen molar-refractivity contribution in [1.29, 1.82) is 0 Å². The third-order valence-electron chi connectivity index (χ3n) is 2.50. The fourth-order valence-electron chi connectivity index (χ4n) is 1.87. The average molecular weight is 294 g/mol. The minimum atomic E-state index is -10.7. The molecule has 1 aliphatic carbocycles. The van der Waals surface area contributed by atoms with Crippen molar-refractivity contribution in [3.8, 4) is 0 Å². The second-order valence-electron chi connectivity index (χ2n) is 4.18. The van der Waals surface area contributed by atoms with Crippen molar-refractivity contribution in [3.63, 3.8) is 0 Å². The molecule has 0 radical (unpaired) electrons. The first kappa shape index (κ1) is 15.2. The molecule has 1 aliphatic rings. The predicted molar refractivity (Wildman–Crippen MR) is 57.9 cm³/mol. The molecule has 0 unspecified atom stereocenters. The van der Waals surface area contributed by atoms with Crippen LogP contribution in [0, 0.1) is 0 Å². The molecular formula is C10H13F6OP. The molecule has 8 heteroatoms. The normalized spacial score (nSPS) is 20.6. The van der Waals surface area contributed by atoms with Crippen LogP contribution in [0.3, 0.4) is 0 Å². The van der Waals surface area contributed by atoms with Gasteiger partial charge in [-0.2, -0.15) is 0 Å². The largest absolute Gasteiger partial charge is 0.318 e. The van der Waals surface area contributed by atoms with E-state index in [1.54, 1.807) is 12.5 Å². The fraction of sp³-hybridized carbons (Fsp3) is 0.500. The van der Waals surface area contributed by atoms with Gasteiger partial charge in [-0.25, -0.2) is 4.42 Å². The van der Waals surface area contributed by atoms with Crippen molar-refractivity contribution in [1.82, 2.24) is 0 Å². The first-order valence-electron chi connectivity index (χ1n) is 5.33. The average Bonchev–Trinajstić information content (AvgIpc) is 2.67. The van der Waals surface area contributed by atoms with Crippen LogP contribution in [0.1, 0.15) is 37.2 Å². The standard InChI is InChI=1S/C10H13O.F6P/c1-2-4-9(3-1)10-5-7-11-8-6-10;1-7(2,3,4,5)6/h5-9H,1-4H2;/q+1;-1. The maximum absolute atomic E-state index is 10.7. The van der Waals surface area contributed by atoms with E-state index in [0.29, 0.717) is 0 Å². The number of hydrogen-bond acceptors (Lipinski definition) is 0. The van der Waals surface area contributed by atoms with Crippen molar-refractivity contribution >= 4 is 7.81 Å². The summed E-state index contributed by atoms with van der Waals surface area (Å²) in [5, 5.41) is 0. The summed E-state index contributed by atoms with van der Waals surface area (Å²) in [6.45, 7) is 0. The SMILES string of the molecule is F[P-](F)(F)(F)(F)F.c1cc(C2CCCC2)cc[o+]1. The molecule has 0 amide bonds. The van der Waals surface area contributed by atoms with Gasteiger partial charge in [-0.05, 0) is 24.3 Å². The van der Waals surface area contributed by atoms with Crippen LogP contribution in [-0.4, -0.2) is 0 Å². The molecule has 2 rings (SSSR count). The van der Waals surface area contributed by atoms with Gasteiger partial charge in [0.05, 0.1) is 0 Å². The summed E-state index contributed by atoms with van der Waals surface area (Å²) in [6, 6.07) is 4.19. The molecule has 1 nitrogen and oxygen atoms in total. The summed E-state index contributed by atoms with van der Waals surface area (Å²) >= 11 is 0. The van der Waals surface area contributed by atoms with Crippen molar-refractivity contribution in [2.24, 2.45) is 0 Å². The Labute approximate surface area is 100 Å². The topological polar surface area (TPSA) is 11.3 Å². The van der Waals surface area contributed by atoms with Crippen molar-refractivity contribution in [3.05, 3.63) is 30.2 Å². The van der Waals surface area contributed by atoms with Crippen LogP contribution in [0.2, 0.25) is 0 Å². The molecule has 0 bridgehead atoms. The fourth-order valence-corrected chi connectivity index (χ4v) is 1.87. The molecule has 18 heavy (non-hydrogen) atoms. The number of halogens is 6. The first-order chi connectivity index (χ1) is 7.92. The van der Waals surface area contributed by atoms with Gasteiger partial charge in [-0.1, -0.05) is 12.8 Å². The Morgan fingerprint density at radius 2 is 1.28 bits per heavy atom. The summed E-state index contributed by atoms with van der Waals surface area (Å²) < 4.78 is 64.2. The van der Waals surface area contributed by atoms with E-state index in [4.69, 9.17) is 4.42 Å². The minimum absolute atomic E-state index is 0.811. The van der Waals surface area contributed by atoms with Crippen LogP contribution in [0.5, 0.6) is 0 Å². The van der Waals surface area contributed by atoms with Crippen molar-refractivity contribution in [2.45, 2.75) is 31.6 Å². The van der Waals surface area contributed by atoms with Gasteiger partial charge in [-0.15, -0.1) is 0 Å². The van der Waals surface area contributed by atoms with Gasteiger partial charge >= 0.3 is 45.5 Å². The maximum atomic E-state index is 9.87. The van der Waals surface area contributed by atoms with Crippen LogP contribution >= 0.6 is 7.81 Å². The molecule has 0 spiro atoms. The molecule has 0 aromatic carbocycles. The third-order valence-corrected chi connectivity index (χ3v) is 2.50. The summed E-state index contributed by atoms with van der Waals surface area (Å²) in [4.78, 5) is 0. The van der Waals surface area contributed by atoms with E-state index in [1.165, 1.54) is 31.2 Å². The zero-order valence-corrected chi connectivity index (χ0v) is 10.2. The zero-order valence-electron chi connectivity index (χ0n) is 9.34. The van der Waals surface area contributed by atoms with E-state index in [0.717, 1.165) is 5.92 Å². The molecular weight excluding hydrogens is 281 g/mol. The Morgan fingerprint density at radius 1 is 0.889 bits per heavy atom. The van der Waals surface area contributed by atoms with E-state index < -0.39 is 7.81 Å². The number of rotatable bonds is 1. The summed E-state index contributed by atoms with van der Waals surface area (Å²) in [5.74, 6) is 0.811. The molecule has 0 N–H and O–H groups in total. The zero-order chi connectivity index (χ0) is 13.9. The van der Waals surface area contributed by atoms with E-state index in [1.807, 2.05) is 0 Å². The van der Waals surface area contributed by atoms with Crippen LogP contribution in [0.4, 0.5) is 25.2 Å². The molecule has 0 saturated heterocycles. The Morgan fingerprint density at radius 3 is 1.67 bits per heavy atom. The molecule has 0 aliphatic heterocycles. The Hall–Kier alpha value is -0.840. The van der Waals surface area contributed by atoms with Crippen molar-refractivity contribution < 1.29 is 29.6 Å². The Balaban J connectivity index is 0.000000203. The van der Waals surface area contributed by atoms with Crippen LogP contribution in [0.15, 0.2) is 29.1 Å². The summed E-state index contributed by atoms with van der Waals surface area (Å²) in [7, 11) is -10.7. The van der Waals surface area contributed by atoms with Gasteiger partial charge in [0.25, 0.3) is 0 Å². The van der Waals surface area contributed by atoms with E-state index in [9.17, 15) is 25.2 Å². The molecule has 1 aromatic heterocycles. The smallest absolute Gasteiger partial charge is 0.224 e. The maximum Gasteiger partial charge on any atom is 0.318 e. The summed E-state index contributed by atoms with van der Waals surface area (Å²) in [5.41, 5.74) is 1.45. The van der Waals surface area contributed by atoms with Crippen LogP contribution in [0.25, 0.3) is 0 Å². The molecule has 1 saturated carbocycles. The van der Waals surface area contributed by atoms with Gasteiger partial charge < -0.3 is 0 Å². The minimum Gasteiger partial charge on any atom is -0.224 e. The van der Waals surface area contributed by atoms with E-state index in [2.05, 4.69) is 12.1 Å². The van der Waals surface area contributed by atoms with Gasteiger partial charge in [0.15, 0.2) is 0 Å². The Kier molecular flexibility index (Phi) is 3.69. The van der Waals surface area contributed by atoms with Gasteiger partial charge in [0, 0.05) is 12.1 Å².